The Morgan fingerprint density at radius 3 is 2.72 bits per heavy atom. The van der Waals surface area contributed by atoms with Crippen molar-refractivity contribution in [3.63, 3.8) is 0 Å². The van der Waals surface area contributed by atoms with Crippen molar-refractivity contribution < 1.29 is 4.74 Å². The Labute approximate surface area is 188 Å². The minimum atomic E-state index is 0.481. The molecule has 0 saturated heterocycles. The summed E-state index contributed by atoms with van der Waals surface area (Å²) in [5, 5.41) is 9.68. The van der Waals surface area contributed by atoms with Crippen LogP contribution in [-0.4, -0.2) is 9.55 Å². The van der Waals surface area contributed by atoms with Crippen molar-refractivity contribution in [2.45, 2.75) is 39.8 Å². The first-order valence-electron chi connectivity index (χ1n) is 11.1. The van der Waals surface area contributed by atoms with Crippen molar-refractivity contribution >= 4 is 16.6 Å². The van der Waals surface area contributed by atoms with E-state index in [9.17, 15) is 5.26 Å². The van der Waals surface area contributed by atoms with Crippen LogP contribution >= 0.6 is 0 Å². The van der Waals surface area contributed by atoms with E-state index in [1.807, 2.05) is 37.3 Å². The number of aromatic nitrogens is 2. The highest BCUT2D eigenvalue weighted by Crippen LogP contribution is 2.38. The number of para-hydroxylation sites is 3. The molecule has 0 saturated carbocycles. The van der Waals surface area contributed by atoms with Crippen LogP contribution in [0.5, 0.6) is 5.75 Å². The smallest absolute Gasteiger partial charge is 0.127 e. The molecule has 4 heteroatoms. The number of aryl methyl sites for hydroxylation is 1. The van der Waals surface area contributed by atoms with Crippen LogP contribution in [0.1, 0.15) is 48.3 Å². The largest absolute Gasteiger partial charge is 0.488 e. The Morgan fingerprint density at radius 1 is 1.06 bits per heavy atom. The van der Waals surface area contributed by atoms with Gasteiger partial charge in [-0.1, -0.05) is 49.4 Å². The highest BCUT2D eigenvalue weighted by Gasteiger charge is 2.21. The number of hydrogen-bond acceptors (Lipinski definition) is 3. The molecular formula is C28H25N3O. The minimum absolute atomic E-state index is 0.481. The average Bonchev–Trinajstić information content (AvgIpc) is 3.07. The summed E-state index contributed by atoms with van der Waals surface area (Å²) in [6, 6.07) is 25.2. The van der Waals surface area contributed by atoms with Gasteiger partial charge in [0, 0.05) is 29.7 Å². The fourth-order valence-electron chi connectivity index (χ4n) is 4.57. The van der Waals surface area contributed by atoms with Gasteiger partial charge in [0.1, 0.15) is 18.2 Å². The zero-order valence-electron chi connectivity index (χ0n) is 18.4. The van der Waals surface area contributed by atoms with E-state index in [4.69, 9.17) is 9.72 Å². The Balaban J connectivity index is 1.60. The van der Waals surface area contributed by atoms with Crippen molar-refractivity contribution in [2.24, 2.45) is 0 Å². The van der Waals surface area contributed by atoms with Crippen LogP contribution in [-0.2, 0) is 19.6 Å². The lowest BCUT2D eigenvalue weighted by Crippen LogP contribution is -2.06. The van der Waals surface area contributed by atoms with Gasteiger partial charge >= 0.3 is 0 Å². The van der Waals surface area contributed by atoms with Gasteiger partial charge in [-0.15, -0.1) is 0 Å². The van der Waals surface area contributed by atoms with Crippen LogP contribution in [0, 0.1) is 11.3 Å². The van der Waals surface area contributed by atoms with Crippen LogP contribution < -0.4 is 4.74 Å². The lowest BCUT2D eigenvalue weighted by Gasteiger charge is -2.14. The summed E-state index contributed by atoms with van der Waals surface area (Å²) >= 11 is 0. The number of allylic oxidation sites excluding steroid dienone is 1. The monoisotopic (exact) mass is 419 g/mol. The molecule has 2 heterocycles. The molecule has 0 radical (unpaired) electrons. The number of benzene rings is 3. The zero-order chi connectivity index (χ0) is 22.1. The second kappa shape index (κ2) is 8.36. The van der Waals surface area contributed by atoms with Crippen LogP contribution in [0.4, 0.5) is 0 Å². The van der Waals surface area contributed by atoms with E-state index in [1.165, 1.54) is 5.56 Å². The summed E-state index contributed by atoms with van der Waals surface area (Å²) in [6.45, 7) is 5.30. The van der Waals surface area contributed by atoms with Crippen LogP contribution in [0.25, 0.3) is 16.6 Å². The van der Waals surface area contributed by atoms with Gasteiger partial charge in [-0.2, -0.15) is 5.26 Å². The molecule has 0 amide bonds. The molecule has 0 bridgehead atoms. The highest BCUT2D eigenvalue weighted by atomic mass is 16.5. The molecule has 4 nitrogen and oxygen atoms in total. The molecule has 0 aliphatic carbocycles. The summed E-state index contributed by atoms with van der Waals surface area (Å²) in [7, 11) is 0. The maximum absolute atomic E-state index is 9.68. The first kappa shape index (κ1) is 20.1. The Bertz CT molecular complexity index is 1390. The second-order valence-electron chi connectivity index (χ2n) is 8.24. The quantitative estimate of drug-likeness (QED) is 0.366. The van der Waals surface area contributed by atoms with E-state index < -0.39 is 0 Å². The van der Waals surface area contributed by atoms with E-state index in [0.29, 0.717) is 12.2 Å². The Hall–Kier alpha value is -3.84. The van der Waals surface area contributed by atoms with Crippen LogP contribution in [0.2, 0.25) is 0 Å². The lowest BCUT2D eigenvalue weighted by molar-refractivity contribution is 0.307. The summed E-state index contributed by atoms with van der Waals surface area (Å²) in [4.78, 5) is 4.87. The summed E-state index contributed by atoms with van der Waals surface area (Å²) in [5.41, 5.74) is 8.21. The number of hydrogen-bond donors (Lipinski definition) is 0. The predicted molar refractivity (Wildman–Crippen MR) is 127 cm³/mol. The van der Waals surface area contributed by atoms with Crippen LogP contribution in [0.15, 0.2) is 72.3 Å². The highest BCUT2D eigenvalue weighted by molar-refractivity contribution is 5.88. The molecule has 0 atom stereocenters. The third kappa shape index (κ3) is 3.46. The fourth-order valence-corrected chi connectivity index (χ4v) is 4.57. The van der Waals surface area contributed by atoms with E-state index >= 15 is 0 Å². The first-order chi connectivity index (χ1) is 15.7. The average molecular weight is 420 g/mol. The fraction of sp³-hybridized carbons (Fsp3) is 0.214. The van der Waals surface area contributed by atoms with Crippen molar-refractivity contribution in [2.75, 3.05) is 0 Å². The van der Waals surface area contributed by atoms with Crippen molar-refractivity contribution in [1.82, 2.24) is 9.55 Å². The van der Waals surface area contributed by atoms with E-state index in [-0.39, 0.29) is 0 Å². The third-order valence-corrected chi connectivity index (χ3v) is 6.07. The zero-order valence-corrected chi connectivity index (χ0v) is 18.4. The maximum atomic E-state index is 9.68. The standard InChI is InChI=1S/C28H25N3O/c1-3-8-27-30-24-10-5-6-11-25(24)31(27)17-20-13-14-22-21(15-20)18-32-26-12-7-4-9-23(26)28(22)19(2)16-29/h4-7,9-15H,3,8,17-18H2,1-2H3/b28-19-. The summed E-state index contributed by atoms with van der Waals surface area (Å²) in [6.07, 6.45) is 2.01. The number of rotatable bonds is 4. The molecule has 0 unspecified atom stereocenters. The molecule has 0 fully saturated rings. The molecule has 0 N–H and O–H groups in total. The van der Waals surface area contributed by atoms with Gasteiger partial charge in [0.25, 0.3) is 0 Å². The topological polar surface area (TPSA) is 50.8 Å². The first-order valence-corrected chi connectivity index (χ1v) is 11.1. The SMILES string of the molecule is CCCc1nc2ccccc2n1Cc1ccc2c(c1)COc1ccccc1/C2=C(/C)C#N. The number of ether oxygens (including phenoxy) is 1. The third-order valence-electron chi connectivity index (χ3n) is 6.07. The van der Waals surface area contributed by atoms with Gasteiger partial charge in [0.2, 0.25) is 0 Å². The molecule has 32 heavy (non-hydrogen) atoms. The molecule has 5 rings (SSSR count). The van der Waals surface area contributed by atoms with Crippen molar-refractivity contribution in [3.05, 3.63) is 100 Å². The molecule has 0 spiro atoms. The van der Waals surface area contributed by atoms with Gasteiger partial charge in [0.15, 0.2) is 0 Å². The van der Waals surface area contributed by atoms with Gasteiger partial charge in [0.05, 0.1) is 17.1 Å². The number of imidazole rings is 1. The van der Waals surface area contributed by atoms with Crippen molar-refractivity contribution in [3.8, 4) is 11.8 Å². The molecular weight excluding hydrogens is 394 g/mol. The van der Waals surface area contributed by atoms with Crippen LogP contribution in [0.3, 0.4) is 0 Å². The number of fused-ring (bicyclic) bond motifs is 3. The molecule has 3 aromatic carbocycles. The molecule has 1 aliphatic heterocycles. The number of nitriles is 1. The minimum Gasteiger partial charge on any atom is -0.488 e. The molecule has 4 aromatic rings. The van der Waals surface area contributed by atoms with Gasteiger partial charge in [-0.05, 0) is 54.3 Å². The Morgan fingerprint density at radius 2 is 1.88 bits per heavy atom. The van der Waals surface area contributed by atoms with Gasteiger partial charge in [-0.3, -0.25) is 0 Å². The molecule has 1 aliphatic rings. The number of nitrogens with zero attached hydrogens (tertiary/aromatic N) is 3. The van der Waals surface area contributed by atoms with E-state index in [2.05, 4.69) is 54.0 Å². The molecule has 1 aromatic heterocycles. The van der Waals surface area contributed by atoms with Crippen molar-refractivity contribution in [1.29, 1.82) is 5.26 Å². The van der Waals surface area contributed by atoms with E-state index in [1.54, 1.807) is 0 Å². The summed E-state index contributed by atoms with van der Waals surface area (Å²) < 4.78 is 8.48. The van der Waals surface area contributed by atoms with Gasteiger partial charge < -0.3 is 9.30 Å². The Kier molecular flexibility index (Phi) is 5.25. The maximum Gasteiger partial charge on any atom is 0.127 e. The van der Waals surface area contributed by atoms with E-state index in [0.717, 1.165) is 64.3 Å². The summed E-state index contributed by atoms with van der Waals surface area (Å²) in [5.74, 6) is 1.94. The lowest BCUT2D eigenvalue weighted by atomic mass is 9.90. The predicted octanol–water partition coefficient (Wildman–Crippen LogP) is 6.27. The second-order valence-corrected chi connectivity index (χ2v) is 8.24. The normalized spacial score (nSPS) is 14.2. The van der Waals surface area contributed by atoms with Gasteiger partial charge in [-0.25, -0.2) is 4.98 Å². The molecule has 158 valence electrons.